The van der Waals surface area contributed by atoms with E-state index in [1.165, 1.54) is 0 Å². The topological polar surface area (TPSA) is 83.6 Å². The molecule has 6 nitrogen and oxygen atoms in total. The van der Waals surface area contributed by atoms with Crippen LogP contribution in [0.3, 0.4) is 0 Å². The first kappa shape index (κ1) is 13.6. The van der Waals surface area contributed by atoms with Crippen molar-refractivity contribution in [2.24, 2.45) is 5.92 Å². The third-order valence-electron chi connectivity index (χ3n) is 3.73. The van der Waals surface area contributed by atoms with Crippen LogP contribution in [-0.4, -0.2) is 39.6 Å². The van der Waals surface area contributed by atoms with Crippen molar-refractivity contribution in [1.29, 1.82) is 0 Å². The molecule has 1 aromatic heterocycles. The first-order chi connectivity index (χ1) is 8.91. The van der Waals surface area contributed by atoms with Crippen LogP contribution in [0, 0.1) is 19.8 Å². The minimum Gasteiger partial charge on any atom is -0.481 e. The second kappa shape index (κ2) is 5.03. The molecule has 0 bridgehead atoms. The van der Waals surface area contributed by atoms with E-state index in [9.17, 15) is 9.59 Å². The average Bonchev–Trinajstić information content (AvgIpc) is 2.68. The third-order valence-corrected chi connectivity index (χ3v) is 3.73. The van der Waals surface area contributed by atoms with Crippen LogP contribution in [-0.2, 0) is 4.79 Å². The molecule has 104 valence electrons. The van der Waals surface area contributed by atoms with Crippen molar-refractivity contribution in [1.82, 2.24) is 10.1 Å². The van der Waals surface area contributed by atoms with Crippen LogP contribution in [0.15, 0.2) is 4.52 Å². The predicted molar refractivity (Wildman–Crippen MR) is 66.8 cm³/mol. The largest absolute Gasteiger partial charge is 0.481 e. The lowest BCUT2D eigenvalue weighted by Crippen LogP contribution is -2.46. The number of rotatable bonds is 2. The molecule has 0 spiro atoms. The monoisotopic (exact) mass is 266 g/mol. The standard InChI is InChI=1S/C13H18N2O4/c1-7-6-10(13(17)18)4-5-15(7)12(16)11-8(2)14-19-9(11)3/h7,10H,4-6H2,1-3H3,(H,17,18). The van der Waals surface area contributed by atoms with Gasteiger partial charge in [-0.2, -0.15) is 0 Å². The molecule has 1 saturated heterocycles. The highest BCUT2D eigenvalue weighted by atomic mass is 16.5. The minimum atomic E-state index is -0.781. The summed E-state index contributed by atoms with van der Waals surface area (Å²) in [6.07, 6.45) is 0.985. The third kappa shape index (κ3) is 2.47. The molecule has 1 aromatic rings. The zero-order chi connectivity index (χ0) is 14.2. The van der Waals surface area contributed by atoms with Gasteiger partial charge < -0.3 is 14.5 Å². The van der Waals surface area contributed by atoms with Gasteiger partial charge in [-0.15, -0.1) is 0 Å². The van der Waals surface area contributed by atoms with Gasteiger partial charge in [0.25, 0.3) is 5.91 Å². The summed E-state index contributed by atoms with van der Waals surface area (Å²) in [7, 11) is 0. The van der Waals surface area contributed by atoms with E-state index in [-0.39, 0.29) is 17.9 Å². The van der Waals surface area contributed by atoms with Crippen LogP contribution >= 0.6 is 0 Å². The van der Waals surface area contributed by atoms with E-state index in [1.54, 1.807) is 18.7 Å². The number of nitrogens with zero attached hydrogens (tertiary/aromatic N) is 2. The summed E-state index contributed by atoms with van der Waals surface area (Å²) < 4.78 is 5.01. The number of carboxylic acids is 1. The lowest BCUT2D eigenvalue weighted by molar-refractivity contribution is -0.143. The fourth-order valence-corrected chi connectivity index (χ4v) is 2.63. The molecule has 1 aliphatic rings. The lowest BCUT2D eigenvalue weighted by Gasteiger charge is -2.36. The maximum atomic E-state index is 12.5. The molecule has 1 N–H and O–H groups in total. The Bertz CT molecular complexity index is 489. The van der Waals surface area contributed by atoms with Gasteiger partial charge in [-0.05, 0) is 33.6 Å². The summed E-state index contributed by atoms with van der Waals surface area (Å²) in [4.78, 5) is 25.2. The Labute approximate surface area is 111 Å². The Kier molecular flexibility index (Phi) is 3.59. The molecule has 2 heterocycles. The van der Waals surface area contributed by atoms with Crippen molar-refractivity contribution in [2.45, 2.75) is 39.7 Å². The first-order valence-corrected chi connectivity index (χ1v) is 6.38. The molecule has 6 heteroatoms. The zero-order valence-electron chi connectivity index (χ0n) is 11.3. The Balaban J connectivity index is 2.16. The van der Waals surface area contributed by atoms with E-state index in [0.29, 0.717) is 36.4 Å². The molecule has 0 radical (unpaired) electrons. The predicted octanol–water partition coefficient (Wildman–Crippen LogP) is 1.62. The van der Waals surface area contributed by atoms with E-state index < -0.39 is 5.97 Å². The molecule has 1 fully saturated rings. The number of aliphatic carboxylic acids is 1. The van der Waals surface area contributed by atoms with Gasteiger partial charge >= 0.3 is 5.97 Å². The number of carbonyl (C=O) groups excluding carboxylic acids is 1. The molecule has 1 amide bonds. The number of carboxylic acid groups (broad SMARTS) is 1. The van der Waals surface area contributed by atoms with E-state index in [1.807, 2.05) is 6.92 Å². The fourth-order valence-electron chi connectivity index (χ4n) is 2.63. The van der Waals surface area contributed by atoms with Crippen LogP contribution in [0.2, 0.25) is 0 Å². The maximum absolute atomic E-state index is 12.5. The molecule has 1 aliphatic heterocycles. The highest BCUT2D eigenvalue weighted by Crippen LogP contribution is 2.26. The first-order valence-electron chi connectivity index (χ1n) is 6.38. The summed E-state index contributed by atoms with van der Waals surface area (Å²) in [6, 6.07) is -0.0870. The van der Waals surface area contributed by atoms with Gasteiger partial charge in [0.2, 0.25) is 0 Å². The number of hydrogen-bond donors (Lipinski definition) is 1. The van der Waals surface area contributed by atoms with E-state index in [2.05, 4.69) is 5.16 Å². The molecule has 2 rings (SSSR count). The Morgan fingerprint density at radius 3 is 2.58 bits per heavy atom. The molecule has 0 saturated carbocycles. The summed E-state index contributed by atoms with van der Waals surface area (Å²) in [5.41, 5.74) is 1.08. The quantitative estimate of drug-likeness (QED) is 0.879. The van der Waals surface area contributed by atoms with Crippen molar-refractivity contribution in [3.05, 3.63) is 17.0 Å². The number of aromatic nitrogens is 1. The van der Waals surface area contributed by atoms with Crippen LogP contribution < -0.4 is 0 Å². The number of aryl methyl sites for hydroxylation is 2. The number of amides is 1. The van der Waals surface area contributed by atoms with Crippen LogP contribution in [0.5, 0.6) is 0 Å². The van der Waals surface area contributed by atoms with Crippen molar-refractivity contribution in [3.8, 4) is 0 Å². The smallest absolute Gasteiger partial charge is 0.306 e. The molecule has 2 atom stereocenters. The number of piperidine rings is 1. The molecule has 2 unspecified atom stereocenters. The van der Waals surface area contributed by atoms with Crippen molar-refractivity contribution < 1.29 is 19.2 Å². The van der Waals surface area contributed by atoms with Gasteiger partial charge in [0.1, 0.15) is 11.3 Å². The summed E-state index contributed by atoms with van der Waals surface area (Å²) in [5, 5.41) is 12.8. The molecular formula is C13H18N2O4. The molecule has 19 heavy (non-hydrogen) atoms. The van der Waals surface area contributed by atoms with Gasteiger partial charge in [0.15, 0.2) is 0 Å². The van der Waals surface area contributed by atoms with Gasteiger partial charge in [0, 0.05) is 12.6 Å². The Morgan fingerprint density at radius 1 is 1.42 bits per heavy atom. The highest BCUT2D eigenvalue weighted by Gasteiger charge is 2.34. The second-order valence-corrected chi connectivity index (χ2v) is 5.11. The van der Waals surface area contributed by atoms with Gasteiger partial charge in [0.05, 0.1) is 11.6 Å². The highest BCUT2D eigenvalue weighted by molar-refractivity contribution is 5.96. The maximum Gasteiger partial charge on any atom is 0.306 e. The van der Waals surface area contributed by atoms with Crippen LogP contribution in [0.4, 0.5) is 0 Å². The minimum absolute atomic E-state index is 0.0870. The normalized spacial score (nSPS) is 23.4. The average molecular weight is 266 g/mol. The summed E-state index contributed by atoms with van der Waals surface area (Å²) in [6.45, 7) is 5.78. The van der Waals surface area contributed by atoms with Crippen molar-refractivity contribution in [2.75, 3.05) is 6.54 Å². The number of likely N-dealkylation sites (tertiary alicyclic amines) is 1. The fraction of sp³-hybridized carbons (Fsp3) is 0.615. The Hall–Kier alpha value is -1.85. The zero-order valence-corrected chi connectivity index (χ0v) is 11.3. The van der Waals surface area contributed by atoms with Gasteiger partial charge in [-0.1, -0.05) is 5.16 Å². The second-order valence-electron chi connectivity index (χ2n) is 5.11. The summed E-state index contributed by atoms with van der Waals surface area (Å²) in [5.74, 6) is -0.748. The Morgan fingerprint density at radius 2 is 2.11 bits per heavy atom. The van der Waals surface area contributed by atoms with E-state index in [0.717, 1.165) is 0 Å². The lowest BCUT2D eigenvalue weighted by atomic mass is 9.91. The molecule has 0 aromatic carbocycles. The van der Waals surface area contributed by atoms with Gasteiger partial charge in [-0.25, -0.2) is 0 Å². The van der Waals surface area contributed by atoms with Crippen LogP contribution in [0.1, 0.15) is 41.6 Å². The number of carbonyl (C=O) groups is 2. The van der Waals surface area contributed by atoms with Crippen LogP contribution in [0.25, 0.3) is 0 Å². The van der Waals surface area contributed by atoms with Gasteiger partial charge in [-0.3, -0.25) is 9.59 Å². The SMILES string of the molecule is Cc1noc(C)c1C(=O)N1CCC(C(=O)O)CC1C. The van der Waals surface area contributed by atoms with E-state index in [4.69, 9.17) is 9.63 Å². The number of hydrogen-bond acceptors (Lipinski definition) is 4. The van der Waals surface area contributed by atoms with Crippen molar-refractivity contribution >= 4 is 11.9 Å². The van der Waals surface area contributed by atoms with E-state index >= 15 is 0 Å². The summed E-state index contributed by atoms with van der Waals surface area (Å²) >= 11 is 0. The van der Waals surface area contributed by atoms with Crippen molar-refractivity contribution in [3.63, 3.8) is 0 Å². The molecule has 0 aliphatic carbocycles. The molecular weight excluding hydrogens is 248 g/mol.